The Hall–Kier alpha value is -3.02. The summed E-state index contributed by atoms with van der Waals surface area (Å²) in [6, 6.07) is 13.9. The zero-order chi connectivity index (χ0) is 20.4. The van der Waals surface area contributed by atoms with Gasteiger partial charge in [0.2, 0.25) is 0 Å². The van der Waals surface area contributed by atoms with Crippen LogP contribution in [-0.4, -0.2) is 38.6 Å². The first kappa shape index (κ1) is 21.3. The summed E-state index contributed by atoms with van der Waals surface area (Å²) in [5, 5.41) is 5.68. The lowest BCUT2D eigenvalue weighted by atomic mass is 10.1. The van der Waals surface area contributed by atoms with E-state index in [-0.39, 0.29) is 11.8 Å². The van der Waals surface area contributed by atoms with E-state index in [0.717, 1.165) is 12.2 Å². The molecule has 2 amide bonds. The quantitative estimate of drug-likeness (QED) is 0.617. The first-order chi connectivity index (χ1) is 13.5. The van der Waals surface area contributed by atoms with Gasteiger partial charge in [-0.15, -0.1) is 0 Å². The molecule has 0 heterocycles. The van der Waals surface area contributed by atoms with Crippen LogP contribution in [0.2, 0.25) is 0 Å². The van der Waals surface area contributed by atoms with Gasteiger partial charge in [-0.05, 0) is 60.9 Å². The van der Waals surface area contributed by atoms with E-state index in [1.165, 1.54) is 0 Å². The van der Waals surface area contributed by atoms with Crippen molar-refractivity contribution in [2.45, 2.75) is 20.3 Å². The van der Waals surface area contributed by atoms with Crippen LogP contribution in [0.3, 0.4) is 0 Å². The molecule has 0 saturated heterocycles. The van der Waals surface area contributed by atoms with Crippen LogP contribution in [-0.2, 0) is 0 Å². The molecular weight excluding hydrogens is 356 g/mol. The molecule has 0 aliphatic heterocycles. The Bertz CT molecular complexity index is 755. The van der Waals surface area contributed by atoms with Gasteiger partial charge in [0, 0.05) is 17.7 Å². The predicted molar refractivity (Wildman–Crippen MR) is 109 cm³/mol. The number of benzene rings is 2. The molecular formula is C22H28N2O4. The Morgan fingerprint density at radius 3 is 1.82 bits per heavy atom. The van der Waals surface area contributed by atoms with Crippen molar-refractivity contribution in [1.29, 1.82) is 0 Å². The minimum atomic E-state index is -0.204. The molecule has 0 aliphatic carbocycles. The minimum absolute atomic E-state index is 0.125. The Kier molecular flexibility index (Phi) is 8.34. The SMILES string of the molecule is COc1ccc(OCCNC(=O)c2ccc(C(=O)NCCC(C)C)cc2)cc1. The lowest BCUT2D eigenvalue weighted by Crippen LogP contribution is -2.28. The first-order valence-corrected chi connectivity index (χ1v) is 9.43. The smallest absolute Gasteiger partial charge is 0.251 e. The van der Waals surface area contributed by atoms with Crippen molar-refractivity contribution in [3.05, 3.63) is 59.7 Å². The van der Waals surface area contributed by atoms with E-state index in [0.29, 0.717) is 42.5 Å². The largest absolute Gasteiger partial charge is 0.497 e. The average Bonchev–Trinajstić information content (AvgIpc) is 2.71. The predicted octanol–water partition coefficient (Wildman–Crippen LogP) is 3.28. The molecule has 2 aromatic carbocycles. The van der Waals surface area contributed by atoms with Gasteiger partial charge in [0.1, 0.15) is 18.1 Å². The van der Waals surface area contributed by atoms with Crippen LogP contribution >= 0.6 is 0 Å². The maximum Gasteiger partial charge on any atom is 0.251 e. The maximum atomic E-state index is 12.2. The summed E-state index contributed by atoms with van der Waals surface area (Å²) in [7, 11) is 1.61. The molecule has 150 valence electrons. The molecule has 0 aliphatic rings. The number of hydrogen-bond acceptors (Lipinski definition) is 4. The van der Waals surface area contributed by atoms with Crippen molar-refractivity contribution in [3.8, 4) is 11.5 Å². The van der Waals surface area contributed by atoms with E-state index in [1.54, 1.807) is 31.4 Å². The van der Waals surface area contributed by atoms with Crippen LogP contribution < -0.4 is 20.1 Å². The van der Waals surface area contributed by atoms with Gasteiger partial charge < -0.3 is 20.1 Å². The van der Waals surface area contributed by atoms with Gasteiger partial charge >= 0.3 is 0 Å². The number of carbonyl (C=O) groups is 2. The number of carbonyl (C=O) groups excluding carboxylic acids is 2. The van der Waals surface area contributed by atoms with E-state index < -0.39 is 0 Å². The monoisotopic (exact) mass is 384 g/mol. The molecule has 6 nitrogen and oxygen atoms in total. The number of nitrogens with one attached hydrogen (secondary N) is 2. The highest BCUT2D eigenvalue weighted by Gasteiger charge is 2.09. The summed E-state index contributed by atoms with van der Waals surface area (Å²) in [6.45, 7) is 5.60. The van der Waals surface area contributed by atoms with E-state index >= 15 is 0 Å². The van der Waals surface area contributed by atoms with Crippen LogP contribution in [0.15, 0.2) is 48.5 Å². The van der Waals surface area contributed by atoms with E-state index in [9.17, 15) is 9.59 Å². The highest BCUT2D eigenvalue weighted by molar-refractivity contribution is 5.97. The van der Waals surface area contributed by atoms with Gasteiger partial charge in [0.15, 0.2) is 0 Å². The number of ether oxygens (including phenoxy) is 2. The lowest BCUT2D eigenvalue weighted by Gasteiger charge is -2.09. The van der Waals surface area contributed by atoms with Gasteiger partial charge in [0.05, 0.1) is 13.7 Å². The first-order valence-electron chi connectivity index (χ1n) is 9.43. The summed E-state index contributed by atoms with van der Waals surface area (Å²) in [4.78, 5) is 24.2. The summed E-state index contributed by atoms with van der Waals surface area (Å²) < 4.78 is 10.7. The fourth-order valence-corrected chi connectivity index (χ4v) is 2.46. The zero-order valence-corrected chi connectivity index (χ0v) is 16.7. The normalized spacial score (nSPS) is 10.4. The van der Waals surface area contributed by atoms with Crippen LogP contribution in [0, 0.1) is 5.92 Å². The molecule has 6 heteroatoms. The fraction of sp³-hybridized carbons (Fsp3) is 0.364. The number of amides is 2. The Labute approximate surface area is 166 Å². The molecule has 2 N–H and O–H groups in total. The molecule has 2 rings (SSSR count). The second-order valence-electron chi connectivity index (χ2n) is 6.80. The second-order valence-corrected chi connectivity index (χ2v) is 6.80. The molecule has 28 heavy (non-hydrogen) atoms. The topological polar surface area (TPSA) is 76.7 Å². The third-order valence-electron chi connectivity index (χ3n) is 4.13. The number of hydrogen-bond donors (Lipinski definition) is 2. The summed E-state index contributed by atoms with van der Waals surface area (Å²) in [5.74, 6) is 1.69. The number of methoxy groups -OCH3 is 1. The van der Waals surface area contributed by atoms with Crippen LogP contribution in [0.25, 0.3) is 0 Å². The van der Waals surface area contributed by atoms with Crippen LogP contribution in [0.1, 0.15) is 41.0 Å². The summed E-state index contributed by atoms with van der Waals surface area (Å²) >= 11 is 0. The lowest BCUT2D eigenvalue weighted by molar-refractivity contribution is 0.0937. The van der Waals surface area contributed by atoms with E-state index in [4.69, 9.17) is 9.47 Å². The fourth-order valence-electron chi connectivity index (χ4n) is 2.46. The average molecular weight is 384 g/mol. The third kappa shape index (κ3) is 6.95. The molecule has 0 atom stereocenters. The Morgan fingerprint density at radius 2 is 1.32 bits per heavy atom. The van der Waals surface area contributed by atoms with Crippen LogP contribution in [0.4, 0.5) is 0 Å². The number of rotatable bonds is 10. The maximum absolute atomic E-state index is 12.2. The molecule has 0 spiro atoms. The zero-order valence-electron chi connectivity index (χ0n) is 16.7. The van der Waals surface area contributed by atoms with Gasteiger partial charge in [-0.25, -0.2) is 0 Å². The molecule has 0 unspecified atom stereocenters. The second kappa shape index (κ2) is 11.0. The van der Waals surface area contributed by atoms with Crippen molar-refractivity contribution in [2.75, 3.05) is 26.8 Å². The minimum Gasteiger partial charge on any atom is -0.497 e. The molecule has 2 aromatic rings. The highest BCUT2D eigenvalue weighted by atomic mass is 16.5. The van der Waals surface area contributed by atoms with Gasteiger partial charge in [0.25, 0.3) is 11.8 Å². The van der Waals surface area contributed by atoms with E-state index in [2.05, 4.69) is 24.5 Å². The van der Waals surface area contributed by atoms with Crippen molar-refractivity contribution in [2.24, 2.45) is 5.92 Å². The summed E-state index contributed by atoms with van der Waals surface area (Å²) in [6.07, 6.45) is 0.935. The van der Waals surface area contributed by atoms with Gasteiger partial charge in [-0.1, -0.05) is 13.8 Å². The van der Waals surface area contributed by atoms with Crippen molar-refractivity contribution in [3.63, 3.8) is 0 Å². The Morgan fingerprint density at radius 1 is 0.821 bits per heavy atom. The van der Waals surface area contributed by atoms with E-state index in [1.807, 2.05) is 24.3 Å². The molecule has 0 radical (unpaired) electrons. The molecule has 0 fully saturated rings. The third-order valence-corrected chi connectivity index (χ3v) is 4.13. The molecule has 0 bridgehead atoms. The van der Waals surface area contributed by atoms with Crippen molar-refractivity contribution in [1.82, 2.24) is 10.6 Å². The molecule has 0 saturated carbocycles. The van der Waals surface area contributed by atoms with Crippen LogP contribution in [0.5, 0.6) is 11.5 Å². The standard InChI is InChI=1S/C22H28N2O4/c1-16(2)12-13-23-21(25)17-4-6-18(7-5-17)22(26)24-14-15-28-20-10-8-19(27-3)9-11-20/h4-11,16H,12-15H2,1-3H3,(H,23,25)(H,24,26). The Balaban J connectivity index is 1.73. The molecule has 0 aromatic heterocycles. The summed E-state index contributed by atoms with van der Waals surface area (Å²) in [5.41, 5.74) is 1.05. The van der Waals surface area contributed by atoms with Gasteiger partial charge in [-0.3, -0.25) is 9.59 Å². The van der Waals surface area contributed by atoms with Crippen molar-refractivity contribution < 1.29 is 19.1 Å². The van der Waals surface area contributed by atoms with Crippen molar-refractivity contribution >= 4 is 11.8 Å². The van der Waals surface area contributed by atoms with Gasteiger partial charge in [-0.2, -0.15) is 0 Å². The highest BCUT2D eigenvalue weighted by Crippen LogP contribution is 2.16.